The maximum atomic E-state index is 13.3. The van der Waals surface area contributed by atoms with E-state index in [-0.39, 0.29) is 18.1 Å². The summed E-state index contributed by atoms with van der Waals surface area (Å²) in [4.78, 5) is 14.4. The Labute approximate surface area is 164 Å². The van der Waals surface area contributed by atoms with Gasteiger partial charge in [-0.05, 0) is 61.1 Å². The molecule has 4 rings (SSSR count). The molecule has 0 saturated carbocycles. The number of aromatic nitrogens is 2. The number of likely N-dealkylation sites (tertiary alicyclic amines) is 1. The van der Waals surface area contributed by atoms with Gasteiger partial charge in [0.25, 0.3) is 0 Å². The zero-order chi connectivity index (χ0) is 19.5. The molecule has 0 atom stereocenters. The molecule has 1 saturated heterocycles. The highest BCUT2D eigenvalue weighted by molar-refractivity contribution is 5.78. The molecule has 1 aliphatic heterocycles. The second-order valence-corrected chi connectivity index (χ2v) is 7.52. The Morgan fingerprint density at radius 3 is 2.61 bits per heavy atom. The van der Waals surface area contributed by atoms with Crippen LogP contribution in [0.5, 0.6) is 0 Å². The van der Waals surface area contributed by atoms with Gasteiger partial charge in [0.2, 0.25) is 5.91 Å². The van der Waals surface area contributed by atoms with Crippen molar-refractivity contribution in [3.63, 3.8) is 0 Å². The molecule has 3 aromatic rings. The van der Waals surface area contributed by atoms with Crippen molar-refractivity contribution in [2.45, 2.75) is 32.1 Å². The first-order chi connectivity index (χ1) is 13.6. The maximum Gasteiger partial charge on any atom is 0.226 e. The molecule has 2 aromatic carbocycles. The number of benzene rings is 2. The van der Waals surface area contributed by atoms with Gasteiger partial charge in [-0.3, -0.25) is 4.79 Å². The number of hydrogen-bond acceptors (Lipinski definition) is 2. The van der Waals surface area contributed by atoms with Crippen LogP contribution in [-0.2, 0) is 11.2 Å². The Balaban J connectivity index is 1.35. The van der Waals surface area contributed by atoms with E-state index in [9.17, 15) is 9.18 Å². The van der Waals surface area contributed by atoms with Crippen molar-refractivity contribution in [2.24, 2.45) is 0 Å². The maximum absolute atomic E-state index is 13.3. The molecule has 5 heteroatoms. The van der Waals surface area contributed by atoms with Gasteiger partial charge in [-0.15, -0.1) is 0 Å². The van der Waals surface area contributed by atoms with Crippen molar-refractivity contribution in [3.8, 4) is 5.69 Å². The highest BCUT2D eigenvalue weighted by Gasteiger charge is 2.24. The van der Waals surface area contributed by atoms with E-state index in [4.69, 9.17) is 0 Å². The molecule has 1 amide bonds. The molecular weight excluding hydrogens is 353 g/mol. The molecule has 28 heavy (non-hydrogen) atoms. The summed E-state index contributed by atoms with van der Waals surface area (Å²) in [6, 6.07) is 14.6. The number of carbonyl (C=O) groups excluding carboxylic acids is 1. The van der Waals surface area contributed by atoms with Crippen molar-refractivity contribution in [3.05, 3.63) is 83.4 Å². The van der Waals surface area contributed by atoms with Gasteiger partial charge in [0.1, 0.15) is 5.82 Å². The molecule has 0 bridgehead atoms. The summed E-state index contributed by atoms with van der Waals surface area (Å²) < 4.78 is 15.2. The van der Waals surface area contributed by atoms with Crippen LogP contribution in [0.25, 0.3) is 5.69 Å². The molecule has 0 radical (unpaired) electrons. The van der Waals surface area contributed by atoms with E-state index < -0.39 is 0 Å². The third-order valence-electron chi connectivity index (χ3n) is 5.46. The molecule has 2 heterocycles. The van der Waals surface area contributed by atoms with Crippen LogP contribution in [0.4, 0.5) is 4.39 Å². The predicted molar refractivity (Wildman–Crippen MR) is 107 cm³/mol. The fourth-order valence-corrected chi connectivity index (χ4v) is 3.78. The van der Waals surface area contributed by atoms with Crippen molar-refractivity contribution < 1.29 is 9.18 Å². The molecule has 1 aromatic heterocycles. The fourth-order valence-electron chi connectivity index (χ4n) is 3.78. The number of piperidine rings is 1. The third-order valence-corrected chi connectivity index (χ3v) is 5.46. The third kappa shape index (κ3) is 4.14. The number of hydrogen-bond donors (Lipinski definition) is 0. The largest absolute Gasteiger partial charge is 0.342 e. The van der Waals surface area contributed by atoms with Gasteiger partial charge in [0.15, 0.2) is 0 Å². The number of halogens is 1. The van der Waals surface area contributed by atoms with Crippen LogP contribution in [-0.4, -0.2) is 33.7 Å². The first kappa shape index (κ1) is 18.4. The molecule has 144 valence electrons. The van der Waals surface area contributed by atoms with Crippen molar-refractivity contribution in [2.75, 3.05) is 13.1 Å². The summed E-state index contributed by atoms with van der Waals surface area (Å²) in [5.41, 5.74) is 4.23. The Morgan fingerprint density at radius 1 is 1.14 bits per heavy atom. The monoisotopic (exact) mass is 377 g/mol. The fraction of sp³-hybridized carbons (Fsp3) is 0.304. The lowest BCUT2D eigenvalue weighted by Gasteiger charge is -2.31. The first-order valence-electron chi connectivity index (χ1n) is 9.72. The predicted octanol–water partition coefficient (Wildman–Crippen LogP) is 4.27. The lowest BCUT2D eigenvalue weighted by atomic mass is 9.91. The number of rotatable bonds is 4. The number of aryl methyl sites for hydroxylation is 1. The van der Waals surface area contributed by atoms with Crippen LogP contribution < -0.4 is 0 Å². The number of carbonyl (C=O) groups is 1. The molecule has 1 fully saturated rings. The minimum absolute atomic E-state index is 0.0689. The quantitative estimate of drug-likeness (QED) is 0.681. The Morgan fingerprint density at radius 2 is 1.89 bits per heavy atom. The summed E-state index contributed by atoms with van der Waals surface area (Å²) in [7, 11) is 0. The summed E-state index contributed by atoms with van der Waals surface area (Å²) >= 11 is 0. The summed E-state index contributed by atoms with van der Waals surface area (Å²) in [5, 5.41) is 4.51. The normalized spacial score (nSPS) is 15.0. The van der Waals surface area contributed by atoms with Crippen molar-refractivity contribution in [1.82, 2.24) is 14.7 Å². The number of amides is 1. The van der Waals surface area contributed by atoms with E-state index in [1.54, 1.807) is 12.1 Å². The van der Waals surface area contributed by atoms with E-state index in [1.165, 1.54) is 23.3 Å². The average Bonchev–Trinajstić information content (AvgIpc) is 3.19. The van der Waals surface area contributed by atoms with Crippen LogP contribution in [0.15, 0.2) is 60.9 Å². The summed E-state index contributed by atoms with van der Waals surface area (Å²) in [6.45, 7) is 3.53. The first-order valence-corrected chi connectivity index (χ1v) is 9.72. The van der Waals surface area contributed by atoms with Gasteiger partial charge in [-0.25, -0.2) is 9.07 Å². The van der Waals surface area contributed by atoms with Gasteiger partial charge >= 0.3 is 0 Å². The van der Waals surface area contributed by atoms with E-state index in [1.807, 2.05) is 15.8 Å². The Bertz CT molecular complexity index is 956. The van der Waals surface area contributed by atoms with E-state index in [0.717, 1.165) is 37.2 Å². The SMILES string of the molecule is Cc1ccc(-n2cc(C3CCN(C(=O)Cc4cccc(F)c4)CC3)cn2)cc1. The van der Waals surface area contributed by atoms with Gasteiger partial charge in [0.05, 0.1) is 18.3 Å². The van der Waals surface area contributed by atoms with Gasteiger partial charge in [-0.2, -0.15) is 5.10 Å². The molecule has 4 nitrogen and oxygen atoms in total. The van der Waals surface area contributed by atoms with Crippen LogP contribution in [0.1, 0.15) is 35.4 Å². The van der Waals surface area contributed by atoms with Crippen LogP contribution >= 0.6 is 0 Å². The highest BCUT2D eigenvalue weighted by atomic mass is 19.1. The van der Waals surface area contributed by atoms with Crippen LogP contribution in [0.3, 0.4) is 0 Å². The second-order valence-electron chi connectivity index (χ2n) is 7.52. The minimum Gasteiger partial charge on any atom is -0.342 e. The van der Waals surface area contributed by atoms with E-state index >= 15 is 0 Å². The van der Waals surface area contributed by atoms with E-state index in [0.29, 0.717) is 5.92 Å². The standard InChI is InChI=1S/C23H24FN3O/c1-17-5-7-22(8-6-17)27-16-20(15-25-27)19-9-11-26(12-10-19)23(28)14-18-3-2-4-21(24)13-18/h2-8,13,15-16,19H,9-12,14H2,1H3. The van der Waals surface area contributed by atoms with E-state index in [2.05, 4.69) is 42.5 Å². The van der Waals surface area contributed by atoms with Gasteiger partial charge < -0.3 is 4.90 Å². The molecule has 0 unspecified atom stereocenters. The van der Waals surface area contributed by atoms with Crippen LogP contribution in [0, 0.1) is 12.7 Å². The summed E-state index contributed by atoms with van der Waals surface area (Å²) in [6.07, 6.45) is 6.14. The summed E-state index contributed by atoms with van der Waals surface area (Å²) in [5.74, 6) is 0.186. The second kappa shape index (κ2) is 7.97. The average molecular weight is 377 g/mol. The van der Waals surface area contributed by atoms with Gasteiger partial charge in [0, 0.05) is 19.3 Å². The molecule has 0 aliphatic carbocycles. The zero-order valence-electron chi connectivity index (χ0n) is 16.0. The topological polar surface area (TPSA) is 38.1 Å². The Kier molecular flexibility index (Phi) is 5.24. The van der Waals surface area contributed by atoms with Crippen LogP contribution in [0.2, 0.25) is 0 Å². The zero-order valence-corrected chi connectivity index (χ0v) is 16.0. The molecule has 1 aliphatic rings. The van der Waals surface area contributed by atoms with Crippen molar-refractivity contribution in [1.29, 1.82) is 0 Å². The molecular formula is C23H24FN3O. The lowest BCUT2D eigenvalue weighted by Crippen LogP contribution is -2.38. The number of nitrogens with zero attached hydrogens (tertiary/aromatic N) is 3. The van der Waals surface area contributed by atoms with Crippen molar-refractivity contribution >= 4 is 5.91 Å². The highest BCUT2D eigenvalue weighted by Crippen LogP contribution is 2.28. The Hall–Kier alpha value is -2.95. The van der Waals surface area contributed by atoms with Gasteiger partial charge in [-0.1, -0.05) is 29.8 Å². The minimum atomic E-state index is -0.297. The lowest BCUT2D eigenvalue weighted by molar-refractivity contribution is -0.131. The molecule has 0 N–H and O–H groups in total. The molecule has 0 spiro atoms. The smallest absolute Gasteiger partial charge is 0.226 e.